The number of halogens is 2. The summed E-state index contributed by atoms with van der Waals surface area (Å²) in [6, 6.07) is 4.15. The molecule has 5 heteroatoms. The maximum Gasteiger partial charge on any atom is 0.234 e. The third kappa shape index (κ3) is 4.95. The standard InChI is InChI=1S/C14H20F2N2O/c1-4-18(9-13(19)17-10(2)3)8-11-6-5-7-12(15)14(11)16/h5-7,10H,4,8-9H2,1-3H3,(H,17,19). The first-order valence-corrected chi connectivity index (χ1v) is 6.38. The van der Waals surface area contributed by atoms with E-state index in [-0.39, 0.29) is 30.6 Å². The van der Waals surface area contributed by atoms with Gasteiger partial charge in [0.05, 0.1) is 6.54 Å². The molecule has 0 aliphatic rings. The van der Waals surface area contributed by atoms with Gasteiger partial charge in [0.2, 0.25) is 5.91 Å². The Labute approximate surface area is 112 Å². The fourth-order valence-electron chi connectivity index (χ4n) is 1.76. The number of rotatable bonds is 6. The van der Waals surface area contributed by atoms with E-state index in [1.165, 1.54) is 12.1 Å². The smallest absolute Gasteiger partial charge is 0.234 e. The number of nitrogens with zero attached hydrogens (tertiary/aromatic N) is 1. The molecule has 0 aromatic heterocycles. The van der Waals surface area contributed by atoms with Gasteiger partial charge in [0.1, 0.15) is 0 Å². The van der Waals surface area contributed by atoms with Crippen molar-refractivity contribution in [3.8, 4) is 0 Å². The van der Waals surface area contributed by atoms with Crippen molar-refractivity contribution in [3.05, 3.63) is 35.4 Å². The van der Waals surface area contributed by atoms with Crippen LogP contribution in [0, 0.1) is 11.6 Å². The average Bonchev–Trinajstić information content (AvgIpc) is 2.32. The first-order valence-electron chi connectivity index (χ1n) is 6.38. The maximum absolute atomic E-state index is 13.5. The largest absolute Gasteiger partial charge is 0.353 e. The Morgan fingerprint density at radius 3 is 2.63 bits per heavy atom. The van der Waals surface area contributed by atoms with Crippen molar-refractivity contribution in [1.82, 2.24) is 10.2 Å². The summed E-state index contributed by atoms with van der Waals surface area (Å²) in [6.07, 6.45) is 0. The van der Waals surface area contributed by atoms with Crippen LogP contribution < -0.4 is 5.32 Å². The number of carbonyl (C=O) groups excluding carboxylic acids is 1. The van der Waals surface area contributed by atoms with Crippen LogP contribution in [0.15, 0.2) is 18.2 Å². The molecule has 0 spiro atoms. The monoisotopic (exact) mass is 270 g/mol. The second-order valence-corrected chi connectivity index (χ2v) is 4.74. The van der Waals surface area contributed by atoms with Crippen LogP contribution in [0.2, 0.25) is 0 Å². The molecule has 3 nitrogen and oxygen atoms in total. The van der Waals surface area contributed by atoms with Gasteiger partial charge in [0, 0.05) is 18.2 Å². The van der Waals surface area contributed by atoms with Crippen LogP contribution in [0.3, 0.4) is 0 Å². The van der Waals surface area contributed by atoms with Gasteiger partial charge in [0.15, 0.2) is 11.6 Å². The van der Waals surface area contributed by atoms with E-state index in [1.54, 1.807) is 4.90 Å². The number of hydrogen-bond donors (Lipinski definition) is 1. The summed E-state index contributed by atoms with van der Waals surface area (Å²) < 4.78 is 26.6. The van der Waals surface area contributed by atoms with Crippen molar-refractivity contribution in [2.75, 3.05) is 13.1 Å². The minimum atomic E-state index is -0.861. The molecule has 0 bridgehead atoms. The number of hydrogen-bond acceptors (Lipinski definition) is 2. The molecule has 1 aromatic rings. The van der Waals surface area contributed by atoms with Crippen LogP contribution in [0.1, 0.15) is 26.3 Å². The van der Waals surface area contributed by atoms with Crippen LogP contribution in [0.5, 0.6) is 0 Å². The molecule has 0 unspecified atom stereocenters. The molecule has 1 amide bonds. The molecule has 106 valence electrons. The molecule has 19 heavy (non-hydrogen) atoms. The van der Waals surface area contributed by atoms with Crippen molar-refractivity contribution in [1.29, 1.82) is 0 Å². The van der Waals surface area contributed by atoms with E-state index in [1.807, 2.05) is 20.8 Å². The normalized spacial score (nSPS) is 11.1. The Morgan fingerprint density at radius 1 is 1.37 bits per heavy atom. The van der Waals surface area contributed by atoms with Gasteiger partial charge in [-0.15, -0.1) is 0 Å². The summed E-state index contributed by atoms with van der Waals surface area (Å²) >= 11 is 0. The summed E-state index contributed by atoms with van der Waals surface area (Å²) in [6.45, 7) is 6.60. The van der Waals surface area contributed by atoms with Gasteiger partial charge in [-0.05, 0) is 26.5 Å². The zero-order valence-corrected chi connectivity index (χ0v) is 11.5. The lowest BCUT2D eigenvalue weighted by molar-refractivity contribution is -0.122. The molecule has 1 aromatic carbocycles. The molecular weight excluding hydrogens is 250 g/mol. The predicted octanol–water partition coefficient (Wildman–Crippen LogP) is 2.31. The highest BCUT2D eigenvalue weighted by Crippen LogP contribution is 2.13. The third-order valence-electron chi connectivity index (χ3n) is 2.69. The summed E-state index contributed by atoms with van der Waals surface area (Å²) in [5, 5.41) is 2.77. The molecule has 1 rings (SSSR count). The van der Waals surface area contributed by atoms with Gasteiger partial charge in [0.25, 0.3) is 0 Å². The SMILES string of the molecule is CCN(CC(=O)NC(C)C)Cc1cccc(F)c1F. The fraction of sp³-hybridized carbons (Fsp3) is 0.500. The number of nitrogens with one attached hydrogen (secondary N) is 1. The Hall–Kier alpha value is -1.49. The topological polar surface area (TPSA) is 32.3 Å². The van der Waals surface area contributed by atoms with Crippen LogP contribution in [-0.4, -0.2) is 29.9 Å². The van der Waals surface area contributed by atoms with Gasteiger partial charge in [-0.2, -0.15) is 0 Å². The van der Waals surface area contributed by atoms with Crippen molar-refractivity contribution in [2.24, 2.45) is 0 Å². The third-order valence-corrected chi connectivity index (χ3v) is 2.69. The number of benzene rings is 1. The fourth-order valence-corrected chi connectivity index (χ4v) is 1.76. The zero-order chi connectivity index (χ0) is 14.4. The van der Waals surface area contributed by atoms with Crippen molar-refractivity contribution in [3.63, 3.8) is 0 Å². The summed E-state index contributed by atoms with van der Waals surface area (Å²) in [7, 11) is 0. The van der Waals surface area contributed by atoms with Crippen LogP contribution in [-0.2, 0) is 11.3 Å². The molecule has 0 aliphatic heterocycles. The van der Waals surface area contributed by atoms with E-state index in [9.17, 15) is 13.6 Å². The lowest BCUT2D eigenvalue weighted by Crippen LogP contribution is -2.39. The molecule has 0 atom stereocenters. The first kappa shape index (κ1) is 15.6. The first-order chi connectivity index (χ1) is 8.93. The highest BCUT2D eigenvalue weighted by molar-refractivity contribution is 5.78. The van der Waals surface area contributed by atoms with E-state index in [0.717, 1.165) is 6.07 Å². The Kier molecular flexibility index (Phi) is 5.89. The Balaban J connectivity index is 2.66. The molecule has 0 saturated carbocycles. The van der Waals surface area contributed by atoms with Crippen molar-refractivity contribution in [2.45, 2.75) is 33.4 Å². The van der Waals surface area contributed by atoms with Crippen LogP contribution in [0.25, 0.3) is 0 Å². The average molecular weight is 270 g/mol. The Morgan fingerprint density at radius 2 is 2.05 bits per heavy atom. The lowest BCUT2D eigenvalue weighted by atomic mass is 10.2. The van der Waals surface area contributed by atoms with Crippen LogP contribution >= 0.6 is 0 Å². The van der Waals surface area contributed by atoms with Crippen LogP contribution in [0.4, 0.5) is 8.78 Å². The summed E-state index contributed by atoms with van der Waals surface area (Å²) in [5.74, 6) is -1.82. The summed E-state index contributed by atoms with van der Waals surface area (Å²) in [4.78, 5) is 13.4. The van der Waals surface area contributed by atoms with E-state index in [4.69, 9.17) is 0 Å². The second kappa shape index (κ2) is 7.19. The molecule has 0 heterocycles. The highest BCUT2D eigenvalue weighted by atomic mass is 19.2. The lowest BCUT2D eigenvalue weighted by Gasteiger charge is -2.21. The Bertz CT molecular complexity index is 435. The van der Waals surface area contributed by atoms with Crippen molar-refractivity contribution < 1.29 is 13.6 Å². The number of amides is 1. The number of likely N-dealkylation sites (N-methyl/N-ethyl adjacent to an activating group) is 1. The minimum Gasteiger partial charge on any atom is -0.353 e. The van der Waals surface area contributed by atoms with Gasteiger partial charge >= 0.3 is 0 Å². The van der Waals surface area contributed by atoms with E-state index >= 15 is 0 Å². The quantitative estimate of drug-likeness (QED) is 0.860. The second-order valence-electron chi connectivity index (χ2n) is 4.74. The van der Waals surface area contributed by atoms with E-state index < -0.39 is 11.6 Å². The molecule has 1 N–H and O–H groups in total. The highest BCUT2D eigenvalue weighted by Gasteiger charge is 2.14. The van der Waals surface area contributed by atoms with E-state index in [2.05, 4.69) is 5.32 Å². The van der Waals surface area contributed by atoms with Gasteiger partial charge in [-0.3, -0.25) is 9.69 Å². The molecular formula is C14H20F2N2O. The molecule has 0 saturated heterocycles. The predicted molar refractivity (Wildman–Crippen MR) is 70.6 cm³/mol. The number of carbonyl (C=O) groups is 1. The maximum atomic E-state index is 13.5. The summed E-state index contributed by atoms with van der Waals surface area (Å²) in [5.41, 5.74) is 0.263. The molecule has 0 radical (unpaired) electrons. The van der Waals surface area contributed by atoms with Crippen molar-refractivity contribution >= 4 is 5.91 Å². The minimum absolute atomic E-state index is 0.0668. The van der Waals surface area contributed by atoms with Gasteiger partial charge in [-0.1, -0.05) is 19.1 Å². The van der Waals surface area contributed by atoms with Gasteiger partial charge < -0.3 is 5.32 Å². The molecule has 0 fully saturated rings. The van der Waals surface area contributed by atoms with Gasteiger partial charge in [-0.25, -0.2) is 8.78 Å². The molecule has 0 aliphatic carbocycles. The van der Waals surface area contributed by atoms with E-state index in [0.29, 0.717) is 6.54 Å². The zero-order valence-electron chi connectivity index (χ0n) is 11.5.